The zero-order valence-electron chi connectivity index (χ0n) is 12.0. The average Bonchev–Trinajstić information content (AvgIpc) is 2.64. The summed E-state index contributed by atoms with van der Waals surface area (Å²) in [5.41, 5.74) is 1.49. The number of benzene rings is 1. The first-order valence-corrected chi connectivity index (χ1v) is 8.55. The number of hydrogen-bond donors (Lipinski definition) is 1. The van der Waals surface area contributed by atoms with E-state index in [0.29, 0.717) is 0 Å². The fourth-order valence-corrected chi connectivity index (χ4v) is 3.40. The predicted octanol–water partition coefficient (Wildman–Crippen LogP) is 4.94. The standard InChI is InChI=1S/C17H26BrN/c1-2-11-19-17-6-4-3-5-15(13-17)12-14-7-9-16(18)10-8-14/h7-10,15,17,19H,2-6,11-13H2,1H3. The van der Waals surface area contributed by atoms with Gasteiger partial charge in [0.1, 0.15) is 0 Å². The second kappa shape index (κ2) is 8.06. The van der Waals surface area contributed by atoms with Gasteiger partial charge in [-0.2, -0.15) is 0 Å². The van der Waals surface area contributed by atoms with E-state index in [1.54, 1.807) is 0 Å². The predicted molar refractivity (Wildman–Crippen MR) is 86.5 cm³/mol. The molecule has 1 saturated carbocycles. The average molecular weight is 324 g/mol. The van der Waals surface area contributed by atoms with Gasteiger partial charge >= 0.3 is 0 Å². The van der Waals surface area contributed by atoms with Gasteiger partial charge in [-0.3, -0.25) is 0 Å². The molecule has 0 saturated heterocycles. The van der Waals surface area contributed by atoms with Gasteiger partial charge in [-0.05, 0) is 55.8 Å². The number of rotatable bonds is 5. The maximum Gasteiger partial charge on any atom is 0.0175 e. The van der Waals surface area contributed by atoms with Crippen LogP contribution in [0.5, 0.6) is 0 Å². The van der Waals surface area contributed by atoms with E-state index in [2.05, 4.69) is 52.4 Å². The summed E-state index contributed by atoms with van der Waals surface area (Å²) in [5, 5.41) is 3.73. The molecule has 2 unspecified atom stereocenters. The molecule has 0 aliphatic heterocycles. The first-order chi connectivity index (χ1) is 9.28. The lowest BCUT2D eigenvalue weighted by Crippen LogP contribution is -2.31. The van der Waals surface area contributed by atoms with Gasteiger partial charge in [-0.1, -0.05) is 54.2 Å². The van der Waals surface area contributed by atoms with E-state index in [9.17, 15) is 0 Å². The molecule has 1 aromatic carbocycles. The highest BCUT2D eigenvalue weighted by Gasteiger charge is 2.19. The molecule has 0 aromatic heterocycles. The minimum absolute atomic E-state index is 0.753. The van der Waals surface area contributed by atoms with Gasteiger partial charge in [0, 0.05) is 10.5 Å². The Hall–Kier alpha value is -0.340. The highest BCUT2D eigenvalue weighted by Crippen LogP contribution is 2.27. The van der Waals surface area contributed by atoms with Crippen LogP contribution < -0.4 is 5.32 Å². The molecule has 19 heavy (non-hydrogen) atoms. The lowest BCUT2D eigenvalue weighted by molar-refractivity contribution is 0.384. The van der Waals surface area contributed by atoms with Crippen LogP contribution in [0.25, 0.3) is 0 Å². The number of halogens is 1. The molecule has 1 fully saturated rings. The Labute approximate surface area is 126 Å². The Balaban J connectivity index is 1.88. The zero-order valence-corrected chi connectivity index (χ0v) is 13.6. The van der Waals surface area contributed by atoms with Crippen molar-refractivity contribution in [3.05, 3.63) is 34.3 Å². The van der Waals surface area contributed by atoms with Crippen LogP contribution in [0, 0.1) is 5.92 Å². The molecule has 0 heterocycles. The molecule has 1 nitrogen and oxygen atoms in total. The van der Waals surface area contributed by atoms with Gasteiger partial charge < -0.3 is 5.32 Å². The summed E-state index contributed by atoms with van der Waals surface area (Å²) in [4.78, 5) is 0. The summed E-state index contributed by atoms with van der Waals surface area (Å²) in [6.07, 6.45) is 9.43. The van der Waals surface area contributed by atoms with E-state index < -0.39 is 0 Å². The number of nitrogens with one attached hydrogen (secondary N) is 1. The molecule has 0 bridgehead atoms. The van der Waals surface area contributed by atoms with Gasteiger partial charge in [-0.25, -0.2) is 0 Å². The molecule has 1 N–H and O–H groups in total. The maximum atomic E-state index is 3.73. The van der Waals surface area contributed by atoms with E-state index in [1.807, 2.05) is 0 Å². The Morgan fingerprint density at radius 3 is 2.63 bits per heavy atom. The Kier molecular flexibility index (Phi) is 6.39. The molecular formula is C17H26BrN. The minimum Gasteiger partial charge on any atom is -0.314 e. The van der Waals surface area contributed by atoms with Crippen molar-refractivity contribution in [2.45, 2.75) is 57.9 Å². The Morgan fingerprint density at radius 1 is 1.16 bits per heavy atom. The third-order valence-corrected chi connectivity index (χ3v) is 4.68. The second-order valence-electron chi connectivity index (χ2n) is 5.87. The van der Waals surface area contributed by atoms with Gasteiger partial charge in [0.05, 0.1) is 0 Å². The van der Waals surface area contributed by atoms with Crippen molar-refractivity contribution in [1.82, 2.24) is 5.32 Å². The molecule has 0 radical (unpaired) electrons. The maximum absolute atomic E-state index is 3.73. The van der Waals surface area contributed by atoms with Crippen molar-refractivity contribution in [3.8, 4) is 0 Å². The SMILES string of the molecule is CCCNC1CCCCC(Cc2ccc(Br)cc2)C1. The summed E-state index contributed by atoms with van der Waals surface area (Å²) in [6, 6.07) is 9.62. The summed E-state index contributed by atoms with van der Waals surface area (Å²) >= 11 is 3.51. The molecular weight excluding hydrogens is 298 g/mol. The van der Waals surface area contributed by atoms with Crippen LogP contribution in [-0.2, 0) is 6.42 Å². The van der Waals surface area contributed by atoms with Crippen LogP contribution >= 0.6 is 15.9 Å². The van der Waals surface area contributed by atoms with Crippen LogP contribution in [0.3, 0.4) is 0 Å². The van der Waals surface area contributed by atoms with E-state index in [-0.39, 0.29) is 0 Å². The Bertz CT molecular complexity index is 360. The van der Waals surface area contributed by atoms with Crippen LogP contribution in [0.15, 0.2) is 28.7 Å². The Morgan fingerprint density at radius 2 is 1.89 bits per heavy atom. The first kappa shape index (κ1) is 15.1. The summed E-state index contributed by atoms with van der Waals surface area (Å²) in [5.74, 6) is 0.859. The fourth-order valence-electron chi connectivity index (χ4n) is 3.13. The summed E-state index contributed by atoms with van der Waals surface area (Å²) in [7, 11) is 0. The van der Waals surface area contributed by atoms with Crippen molar-refractivity contribution in [1.29, 1.82) is 0 Å². The monoisotopic (exact) mass is 323 g/mol. The van der Waals surface area contributed by atoms with E-state index in [0.717, 1.165) is 12.0 Å². The largest absolute Gasteiger partial charge is 0.314 e. The third-order valence-electron chi connectivity index (χ3n) is 4.15. The molecule has 2 rings (SSSR count). The van der Waals surface area contributed by atoms with Gasteiger partial charge in [0.2, 0.25) is 0 Å². The highest BCUT2D eigenvalue weighted by molar-refractivity contribution is 9.10. The first-order valence-electron chi connectivity index (χ1n) is 7.75. The van der Waals surface area contributed by atoms with Gasteiger partial charge in [0.15, 0.2) is 0 Å². The van der Waals surface area contributed by atoms with Crippen molar-refractivity contribution >= 4 is 15.9 Å². The molecule has 0 amide bonds. The quantitative estimate of drug-likeness (QED) is 0.757. The van der Waals surface area contributed by atoms with Gasteiger partial charge in [-0.15, -0.1) is 0 Å². The van der Waals surface area contributed by atoms with Crippen molar-refractivity contribution in [2.24, 2.45) is 5.92 Å². The van der Waals surface area contributed by atoms with Crippen LogP contribution in [0.4, 0.5) is 0 Å². The van der Waals surface area contributed by atoms with Crippen LogP contribution in [0.1, 0.15) is 51.0 Å². The van der Waals surface area contributed by atoms with E-state index in [4.69, 9.17) is 0 Å². The summed E-state index contributed by atoms with van der Waals surface area (Å²) < 4.78 is 1.18. The lowest BCUT2D eigenvalue weighted by Gasteiger charge is -2.21. The number of hydrogen-bond acceptors (Lipinski definition) is 1. The molecule has 2 atom stereocenters. The second-order valence-corrected chi connectivity index (χ2v) is 6.78. The molecule has 106 valence electrons. The van der Waals surface area contributed by atoms with E-state index >= 15 is 0 Å². The third kappa shape index (κ3) is 5.27. The molecule has 1 aliphatic carbocycles. The molecule has 0 spiro atoms. The van der Waals surface area contributed by atoms with Crippen molar-refractivity contribution in [3.63, 3.8) is 0 Å². The van der Waals surface area contributed by atoms with Crippen LogP contribution in [0.2, 0.25) is 0 Å². The lowest BCUT2D eigenvalue weighted by atomic mass is 9.91. The zero-order chi connectivity index (χ0) is 13.5. The van der Waals surface area contributed by atoms with Crippen LogP contribution in [-0.4, -0.2) is 12.6 Å². The van der Waals surface area contributed by atoms with E-state index in [1.165, 1.54) is 61.5 Å². The van der Waals surface area contributed by atoms with Crippen molar-refractivity contribution < 1.29 is 0 Å². The van der Waals surface area contributed by atoms with Gasteiger partial charge in [0.25, 0.3) is 0 Å². The highest BCUT2D eigenvalue weighted by atomic mass is 79.9. The normalized spacial score (nSPS) is 24.1. The fraction of sp³-hybridized carbons (Fsp3) is 0.647. The van der Waals surface area contributed by atoms with Crippen molar-refractivity contribution in [2.75, 3.05) is 6.54 Å². The molecule has 1 aromatic rings. The molecule has 1 aliphatic rings. The smallest absolute Gasteiger partial charge is 0.0175 e. The molecule has 2 heteroatoms. The summed E-state index contributed by atoms with van der Waals surface area (Å²) in [6.45, 7) is 3.43. The topological polar surface area (TPSA) is 12.0 Å². The minimum atomic E-state index is 0.753.